The molecule has 2 aliphatic heterocycles. The van der Waals surface area contributed by atoms with E-state index in [-0.39, 0.29) is 30.6 Å². The monoisotopic (exact) mass is 407 g/mol. The highest BCUT2D eigenvalue weighted by Crippen LogP contribution is 2.45. The van der Waals surface area contributed by atoms with Crippen molar-refractivity contribution in [3.05, 3.63) is 54.1 Å². The van der Waals surface area contributed by atoms with Gasteiger partial charge in [0.15, 0.2) is 0 Å². The number of nitrogens with one attached hydrogen (secondary N) is 1. The summed E-state index contributed by atoms with van der Waals surface area (Å²) >= 11 is 0. The quantitative estimate of drug-likeness (QED) is 0.796. The molecule has 1 saturated heterocycles. The van der Waals surface area contributed by atoms with Crippen LogP contribution in [0.1, 0.15) is 43.0 Å². The third kappa shape index (κ3) is 3.01. The van der Waals surface area contributed by atoms with Crippen LogP contribution in [-0.4, -0.2) is 41.9 Å². The van der Waals surface area contributed by atoms with Crippen LogP contribution in [0.2, 0.25) is 0 Å². The van der Waals surface area contributed by atoms with Crippen LogP contribution >= 0.6 is 0 Å². The van der Waals surface area contributed by atoms with Gasteiger partial charge >= 0.3 is 0 Å². The van der Waals surface area contributed by atoms with Crippen molar-refractivity contribution in [2.45, 2.75) is 38.3 Å². The van der Waals surface area contributed by atoms with Crippen molar-refractivity contribution < 1.29 is 19.1 Å². The Bertz CT molecular complexity index is 1010. The number of nitrogens with zero attached hydrogens (tertiary/aromatic N) is 2. The molecule has 0 radical (unpaired) electrons. The van der Waals surface area contributed by atoms with Gasteiger partial charge in [-0.25, -0.2) is 0 Å². The minimum Gasteiger partial charge on any atom is -0.497 e. The molecule has 2 heterocycles. The first-order chi connectivity index (χ1) is 14.5. The average Bonchev–Trinajstić information content (AvgIpc) is 3.12. The SMILES string of the molecule is CCCCN1C(=O)c2ccccc2N2C(=O)CC[C@@]12C(=O)Nc1cccc(OC)c1. The number of hydrogen-bond donors (Lipinski definition) is 1. The standard InChI is InChI=1S/C23H25N3O4/c1-3-4-14-25-21(28)18-10-5-6-11-19(18)26-20(27)12-13-23(25,26)22(29)24-16-8-7-9-17(15-16)30-2/h5-11,15H,3-4,12-14H2,1-2H3,(H,24,29)/t23-/m1/s1. The maximum atomic E-state index is 13.7. The number of unbranched alkanes of at least 4 members (excludes halogenated alkanes) is 1. The fourth-order valence-corrected chi connectivity index (χ4v) is 4.34. The predicted molar refractivity (Wildman–Crippen MR) is 113 cm³/mol. The Morgan fingerprint density at radius 3 is 2.73 bits per heavy atom. The highest BCUT2D eigenvalue weighted by atomic mass is 16.5. The number of amides is 3. The van der Waals surface area contributed by atoms with E-state index in [9.17, 15) is 14.4 Å². The molecule has 3 amide bonds. The summed E-state index contributed by atoms with van der Waals surface area (Å²) in [5.74, 6) is -0.152. The van der Waals surface area contributed by atoms with Gasteiger partial charge in [0, 0.05) is 31.1 Å². The Balaban J connectivity index is 1.81. The summed E-state index contributed by atoms with van der Waals surface area (Å²) in [6.45, 7) is 2.43. The summed E-state index contributed by atoms with van der Waals surface area (Å²) in [4.78, 5) is 43.2. The Hall–Kier alpha value is -3.35. The van der Waals surface area contributed by atoms with Crippen molar-refractivity contribution in [1.82, 2.24) is 4.90 Å². The molecule has 1 atom stereocenters. The molecule has 2 aliphatic rings. The van der Waals surface area contributed by atoms with Gasteiger partial charge in [0.05, 0.1) is 18.4 Å². The van der Waals surface area contributed by atoms with Crippen molar-refractivity contribution in [2.75, 3.05) is 23.9 Å². The van der Waals surface area contributed by atoms with Crippen LogP contribution in [0, 0.1) is 0 Å². The maximum Gasteiger partial charge on any atom is 0.271 e. The van der Waals surface area contributed by atoms with Gasteiger partial charge in [-0.2, -0.15) is 0 Å². The number of hydrogen-bond acceptors (Lipinski definition) is 4. The van der Waals surface area contributed by atoms with E-state index in [0.717, 1.165) is 12.8 Å². The summed E-state index contributed by atoms with van der Waals surface area (Å²) < 4.78 is 5.24. The number of fused-ring (bicyclic) bond motifs is 3. The van der Waals surface area contributed by atoms with E-state index in [1.807, 2.05) is 6.92 Å². The van der Waals surface area contributed by atoms with Crippen molar-refractivity contribution >= 4 is 29.1 Å². The van der Waals surface area contributed by atoms with Crippen molar-refractivity contribution in [3.63, 3.8) is 0 Å². The van der Waals surface area contributed by atoms with Crippen LogP contribution in [0.4, 0.5) is 11.4 Å². The zero-order valence-corrected chi connectivity index (χ0v) is 17.2. The number of methoxy groups -OCH3 is 1. The maximum absolute atomic E-state index is 13.7. The molecule has 1 fully saturated rings. The first-order valence-corrected chi connectivity index (χ1v) is 10.2. The molecule has 0 bridgehead atoms. The van der Waals surface area contributed by atoms with E-state index in [4.69, 9.17) is 4.74 Å². The Kier molecular flexibility index (Phi) is 5.20. The molecular formula is C23H25N3O4. The third-order valence-corrected chi connectivity index (χ3v) is 5.80. The highest BCUT2D eigenvalue weighted by Gasteiger charge is 2.60. The van der Waals surface area contributed by atoms with Crippen LogP contribution in [-0.2, 0) is 9.59 Å². The largest absolute Gasteiger partial charge is 0.497 e. The van der Waals surface area contributed by atoms with Gasteiger partial charge in [-0.1, -0.05) is 31.5 Å². The molecule has 2 aromatic rings. The molecular weight excluding hydrogens is 382 g/mol. The smallest absolute Gasteiger partial charge is 0.271 e. The van der Waals surface area contributed by atoms with Gasteiger partial charge in [-0.05, 0) is 30.7 Å². The molecule has 1 N–H and O–H groups in total. The van der Waals surface area contributed by atoms with Crippen LogP contribution in [0.5, 0.6) is 5.75 Å². The van der Waals surface area contributed by atoms with E-state index in [1.54, 1.807) is 60.5 Å². The average molecular weight is 407 g/mol. The third-order valence-electron chi connectivity index (χ3n) is 5.80. The second kappa shape index (κ2) is 7.82. The Morgan fingerprint density at radius 2 is 1.97 bits per heavy atom. The van der Waals surface area contributed by atoms with Crippen LogP contribution in [0.15, 0.2) is 48.5 Å². The first-order valence-electron chi connectivity index (χ1n) is 10.2. The van der Waals surface area contributed by atoms with Crippen molar-refractivity contribution in [2.24, 2.45) is 0 Å². The molecule has 0 aliphatic carbocycles. The van der Waals surface area contributed by atoms with E-state index in [2.05, 4.69) is 5.32 Å². The normalized spacial score (nSPS) is 20.1. The number of para-hydroxylation sites is 1. The van der Waals surface area contributed by atoms with E-state index >= 15 is 0 Å². The van der Waals surface area contributed by atoms with Crippen molar-refractivity contribution in [1.29, 1.82) is 0 Å². The molecule has 0 unspecified atom stereocenters. The zero-order valence-electron chi connectivity index (χ0n) is 17.2. The molecule has 2 aromatic carbocycles. The van der Waals surface area contributed by atoms with Gasteiger partial charge in [0.2, 0.25) is 11.6 Å². The number of rotatable bonds is 6. The Labute approximate surface area is 175 Å². The number of benzene rings is 2. The van der Waals surface area contributed by atoms with Crippen LogP contribution in [0.25, 0.3) is 0 Å². The summed E-state index contributed by atoms with van der Waals surface area (Å²) in [6, 6.07) is 14.0. The molecule has 30 heavy (non-hydrogen) atoms. The second-order valence-electron chi connectivity index (χ2n) is 7.56. The minimum absolute atomic E-state index is 0.155. The van der Waals surface area contributed by atoms with Gasteiger partial charge in [-0.3, -0.25) is 19.3 Å². The van der Waals surface area contributed by atoms with Crippen LogP contribution < -0.4 is 15.0 Å². The van der Waals surface area contributed by atoms with Crippen LogP contribution in [0.3, 0.4) is 0 Å². The fraction of sp³-hybridized carbons (Fsp3) is 0.348. The summed E-state index contributed by atoms with van der Waals surface area (Å²) in [5, 5.41) is 2.92. The summed E-state index contributed by atoms with van der Waals surface area (Å²) in [7, 11) is 1.56. The molecule has 7 heteroatoms. The fourth-order valence-electron chi connectivity index (χ4n) is 4.34. The lowest BCUT2D eigenvalue weighted by atomic mass is 9.95. The van der Waals surface area contributed by atoms with Gasteiger partial charge in [0.25, 0.3) is 11.8 Å². The van der Waals surface area contributed by atoms with Crippen molar-refractivity contribution in [3.8, 4) is 5.75 Å². The van der Waals surface area contributed by atoms with E-state index in [1.165, 1.54) is 4.90 Å². The van der Waals surface area contributed by atoms with E-state index in [0.29, 0.717) is 29.2 Å². The Morgan fingerprint density at radius 1 is 1.17 bits per heavy atom. The lowest BCUT2D eigenvalue weighted by Crippen LogP contribution is -2.69. The first kappa shape index (κ1) is 19.9. The lowest BCUT2D eigenvalue weighted by molar-refractivity contribution is -0.129. The molecule has 7 nitrogen and oxygen atoms in total. The topological polar surface area (TPSA) is 79.0 Å². The predicted octanol–water partition coefficient (Wildman–Crippen LogP) is 3.41. The second-order valence-corrected chi connectivity index (χ2v) is 7.56. The lowest BCUT2D eigenvalue weighted by Gasteiger charge is -2.49. The number of carbonyl (C=O) groups is 3. The summed E-state index contributed by atoms with van der Waals surface area (Å²) in [6.07, 6.45) is 2.07. The molecule has 4 rings (SSSR count). The highest BCUT2D eigenvalue weighted by molar-refractivity contribution is 6.18. The minimum atomic E-state index is -1.37. The number of ether oxygens (including phenoxy) is 1. The summed E-state index contributed by atoms with van der Waals surface area (Å²) in [5.41, 5.74) is 0.128. The van der Waals surface area contributed by atoms with E-state index < -0.39 is 5.66 Å². The zero-order chi connectivity index (χ0) is 21.3. The van der Waals surface area contributed by atoms with Gasteiger partial charge < -0.3 is 15.0 Å². The molecule has 0 aromatic heterocycles. The molecule has 156 valence electrons. The number of anilines is 2. The van der Waals surface area contributed by atoms with Gasteiger partial charge in [0.1, 0.15) is 5.75 Å². The molecule has 0 spiro atoms. The van der Waals surface area contributed by atoms with Gasteiger partial charge in [-0.15, -0.1) is 0 Å². The molecule has 0 saturated carbocycles. The number of carbonyl (C=O) groups excluding carboxylic acids is 3.